The summed E-state index contributed by atoms with van der Waals surface area (Å²) in [7, 11) is 0. The predicted molar refractivity (Wildman–Crippen MR) is 137 cm³/mol. The maximum Gasteiger partial charge on any atom is 0.300 e. The topological polar surface area (TPSA) is 122 Å². The van der Waals surface area contributed by atoms with Crippen molar-refractivity contribution in [2.24, 2.45) is 39.7 Å². The number of aliphatic hydroxyl groups excluding tert-OH is 1. The fraction of sp³-hybridized carbons (Fsp3) is 0.704. The Morgan fingerprint density at radius 2 is 1.75 bits per heavy atom. The highest BCUT2D eigenvalue weighted by atomic mass is 35.5. The summed E-state index contributed by atoms with van der Waals surface area (Å²) in [6.07, 6.45) is 8.49. The van der Waals surface area contributed by atoms with Crippen LogP contribution < -0.4 is 4.84 Å². The number of aliphatic carboxylic acids is 1. The minimum Gasteiger partial charge on any atom is -0.481 e. The van der Waals surface area contributed by atoms with Gasteiger partial charge in [0.05, 0.1) is 22.1 Å². The average molecular weight is 521 g/mol. The molecule has 2 N–H and O–H groups in total. The van der Waals surface area contributed by atoms with Gasteiger partial charge in [0.25, 0.3) is 11.7 Å². The summed E-state index contributed by atoms with van der Waals surface area (Å²) >= 11 is 6.88. The zero-order valence-electron chi connectivity index (χ0n) is 21.2. The number of fused-ring (bicyclic) bond motifs is 5. The lowest BCUT2D eigenvalue weighted by molar-refractivity contribution is -0.384. The standard InChI is InChI=1S/C25H33ClN2O4.C2H4O2/c1-24-12-11-20-18(19(24)9-10-23(24)29)8-3-15-13-22(21(26)14-25(15,20)2)27-32-17-6-4-16(5-7-17)28(30)31;1-2(3)4/h4-7,15,18-21,23,29H,3,8-14H2,1-2H3;1H3,(H,3,4)/b27-22-;/t15-,18-,19-,20-,21+,23-,24-,25-;/m0./s1. The summed E-state index contributed by atoms with van der Waals surface area (Å²) in [4.78, 5) is 25.0. The number of aliphatic hydroxyl groups is 1. The SMILES string of the molecule is CC(=O)O.C[C@]12C[C@@H](Cl)/C(=N\Oc3ccc([N+](=O)[O-])cc3)C[C@@H]1CC[C@@H]1[C@@H]2CC[C@]2(C)[C@@H](O)CC[C@@H]12. The van der Waals surface area contributed by atoms with Crippen molar-refractivity contribution in [3.05, 3.63) is 34.4 Å². The van der Waals surface area contributed by atoms with Gasteiger partial charge in [0, 0.05) is 19.1 Å². The highest BCUT2D eigenvalue weighted by molar-refractivity contribution is 6.32. The van der Waals surface area contributed by atoms with Crippen LogP contribution in [-0.4, -0.2) is 38.3 Å². The van der Waals surface area contributed by atoms with Crippen molar-refractivity contribution in [3.63, 3.8) is 0 Å². The normalized spacial score (nSPS) is 40.2. The Hall–Kier alpha value is -2.19. The molecule has 36 heavy (non-hydrogen) atoms. The molecular weight excluding hydrogens is 484 g/mol. The van der Waals surface area contributed by atoms with Crippen LogP contribution in [-0.2, 0) is 4.79 Å². The number of carboxylic acids is 1. The summed E-state index contributed by atoms with van der Waals surface area (Å²) in [5.74, 6) is 2.21. The first-order chi connectivity index (χ1) is 17.0. The van der Waals surface area contributed by atoms with Gasteiger partial charge in [0.15, 0.2) is 5.75 Å². The van der Waals surface area contributed by atoms with Crippen molar-refractivity contribution in [3.8, 4) is 5.75 Å². The van der Waals surface area contributed by atoms with Gasteiger partial charge in [-0.3, -0.25) is 14.9 Å². The van der Waals surface area contributed by atoms with Crippen molar-refractivity contribution in [1.82, 2.24) is 0 Å². The summed E-state index contributed by atoms with van der Waals surface area (Å²) in [6, 6.07) is 5.98. The van der Waals surface area contributed by atoms with E-state index in [1.807, 2.05) is 0 Å². The van der Waals surface area contributed by atoms with Crippen LogP contribution >= 0.6 is 11.6 Å². The monoisotopic (exact) mass is 520 g/mol. The third kappa shape index (κ3) is 4.99. The smallest absolute Gasteiger partial charge is 0.300 e. The third-order valence-electron chi connectivity index (χ3n) is 9.77. The lowest BCUT2D eigenvalue weighted by Crippen LogP contribution is -2.55. The number of carbonyl (C=O) groups is 1. The van der Waals surface area contributed by atoms with Crippen molar-refractivity contribution >= 4 is 29.0 Å². The molecule has 4 aliphatic rings. The van der Waals surface area contributed by atoms with E-state index in [0.717, 1.165) is 38.3 Å². The number of carboxylic acid groups (broad SMARTS) is 1. The molecule has 1 aromatic rings. The first kappa shape index (κ1) is 26.9. The molecule has 4 saturated carbocycles. The number of hydrogen-bond donors (Lipinski definition) is 2. The molecule has 4 aliphatic carbocycles. The number of rotatable bonds is 3. The number of nitrogens with zero attached hydrogens (tertiary/aromatic N) is 2. The van der Waals surface area contributed by atoms with Crippen LogP contribution in [0, 0.1) is 44.6 Å². The number of benzene rings is 1. The van der Waals surface area contributed by atoms with Gasteiger partial charge < -0.3 is 15.1 Å². The maximum atomic E-state index is 10.8. The minimum absolute atomic E-state index is 0.0313. The van der Waals surface area contributed by atoms with Gasteiger partial charge in [-0.15, -0.1) is 11.6 Å². The van der Waals surface area contributed by atoms with E-state index in [0.29, 0.717) is 29.4 Å². The second-order valence-electron chi connectivity index (χ2n) is 11.6. The summed E-state index contributed by atoms with van der Waals surface area (Å²) in [5, 5.41) is 33.1. The van der Waals surface area contributed by atoms with E-state index >= 15 is 0 Å². The fourth-order valence-corrected chi connectivity index (χ4v) is 8.34. The second kappa shape index (κ2) is 10.3. The molecule has 0 bridgehead atoms. The van der Waals surface area contributed by atoms with Gasteiger partial charge in [-0.2, -0.15) is 0 Å². The van der Waals surface area contributed by atoms with E-state index in [9.17, 15) is 15.2 Å². The largest absolute Gasteiger partial charge is 0.481 e. The average Bonchev–Trinajstić information content (AvgIpc) is 3.12. The van der Waals surface area contributed by atoms with Crippen LogP contribution in [0.4, 0.5) is 5.69 Å². The highest BCUT2D eigenvalue weighted by Crippen LogP contribution is 2.66. The molecule has 1 aromatic carbocycles. The Morgan fingerprint density at radius 1 is 1.11 bits per heavy atom. The first-order valence-corrected chi connectivity index (χ1v) is 13.4. The lowest BCUT2D eigenvalue weighted by atomic mass is 9.45. The zero-order chi connectivity index (χ0) is 26.3. The molecule has 9 heteroatoms. The van der Waals surface area contributed by atoms with E-state index in [2.05, 4.69) is 19.0 Å². The number of hydrogen-bond acceptors (Lipinski definition) is 6. The molecule has 5 rings (SSSR count). The molecule has 0 saturated heterocycles. The number of halogens is 1. The van der Waals surface area contributed by atoms with Crippen LogP contribution in [0.3, 0.4) is 0 Å². The molecule has 0 aliphatic heterocycles. The van der Waals surface area contributed by atoms with Gasteiger partial charge in [-0.25, -0.2) is 0 Å². The third-order valence-corrected chi connectivity index (χ3v) is 10.2. The Labute approximate surface area is 217 Å². The molecule has 0 amide bonds. The first-order valence-electron chi connectivity index (χ1n) is 13.0. The number of nitro benzene ring substituents is 1. The Balaban J connectivity index is 0.000000709. The molecule has 8 atom stereocenters. The number of nitro groups is 1. The minimum atomic E-state index is -0.833. The molecule has 0 radical (unpaired) electrons. The zero-order valence-corrected chi connectivity index (χ0v) is 22.0. The Kier molecular flexibility index (Phi) is 7.68. The molecule has 8 nitrogen and oxygen atoms in total. The molecule has 198 valence electrons. The van der Waals surface area contributed by atoms with E-state index < -0.39 is 10.9 Å². The molecule has 0 spiro atoms. The predicted octanol–water partition coefficient (Wildman–Crippen LogP) is 6.04. The second-order valence-corrected chi connectivity index (χ2v) is 12.1. The Morgan fingerprint density at radius 3 is 2.39 bits per heavy atom. The summed E-state index contributed by atoms with van der Waals surface area (Å²) in [5.41, 5.74) is 1.23. The molecule has 0 heterocycles. The van der Waals surface area contributed by atoms with Crippen LogP contribution in [0.1, 0.15) is 72.1 Å². The molecule has 0 unspecified atom stereocenters. The van der Waals surface area contributed by atoms with Gasteiger partial charge in [-0.1, -0.05) is 19.0 Å². The van der Waals surface area contributed by atoms with Gasteiger partial charge in [0.2, 0.25) is 0 Å². The molecule has 4 fully saturated rings. The van der Waals surface area contributed by atoms with E-state index in [-0.39, 0.29) is 28.0 Å². The van der Waals surface area contributed by atoms with E-state index in [4.69, 9.17) is 26.3 Å². The quantitative estimate of drug-likeness (QED) is 0.284. The summed E-state index contributed by atoms with van der Waals surface area (Å²) < 4.78 is 0. The van der Waals surface area contributed by atoms with Crippen LogP contribution in [0.5, 0.6) is 5.75 Å². The fourth-order valence-electron chi connectivity index (χ4n) is 7.88. The lowest BCUT2D eigenvalue weighted by Gasteiger charge is -2.60. The van der Waals surface area contributed by atoms with Crippen molar-refractivity contribution in [2.45, 2.75) is 83.6 Å². The summed E-state index contributed by atoms with van der Waals surface area (Å²) in [6.45, 7) is 5.86. The van der Waals surface area contributed by atoms with E-state index in [1.54, 1.807) is 12.1 Å². The van der Waals surface area contributed by atoms with Crippen molar-refractivity contribution < 1.29 is 24.8 Å². The number of alkyl halides is 1. The van der Waals surface area contributed by atoms with Gasteiger partial charge >= 0.3 is 0 Å². The molecular formula is C27H37ClN2O6. The van der Waals surface area contributed by atoms with Gasteiger partial charge in [0.1, 0.15) is 0 Å². The number of oxime groups is 1. The van der Waals surface area contributed by atoms with Crippen molar-refractivity contribution in [2.75, 3.05) is 0 Å². The van der Waals surface area contributed by atoms with Crippen LogP contribution in [0.2, 0.25) is 0 Å². The molecule has 0 aromatic heterocycles. The van der Waals surface area contributed by atoms with Crippen LogP contribution in [0.25, 0.3) is 0 Å². The highest BCUT2D eigenvalue weighted by Gasteiger charge is 2.60. The number of non-ortho nitro benzene ring substituents is 1. The van der Waals surface area contributed by atoms with Crippen molar-refractivity contribution in [1.29, 1.82) is 0 Å². The maximum absolute atomic E-state index is 10.8. The van der Waals surface area contributed by atoms with Crippen LogP contribution in [0.15, 0.2) is 29.4 Å². The van der Waals surface area contributed by atoms with E-state index in [1.165, 1.54) is 37.8 Å². The Bertz CT molecular complexity index is 1010. The van der Waals surface area contributed by atoms with Gasteiger partial charge in [-0.05, 0) is 98.0 Å².